The first-order chi connectivity index (χ1) is 10.1. The van der Waals surface area contributed by atoms with Gasteiger partial charge in [0.1, 0.15) is 28.8 Å². The van der Waals surface area contributed by atoms with E-state index in [1.54, 1.807) is 14.2 Å². The average Bonchev–Trinajstić information content (AvgIpc) is 2.83. The maximum atomic E-state index is 6.28. The molecule has 0 radical (unpaired) electrons. The normalized spacial score (nSPS) is 10.7. The maximum Gasteiger partial charge on any atom is 0.131 e. The molecule has 0 unspecified atom stereocenters. The zero-order valence-electron chi connectivity index (χ0n) is 13.1. The Hall–Kier alpha value is -2.17. The molecule has 114 valence electrons. The van der Waals surface area contributed by atoms with Gasteiger partial charge < -0.3 is 19.8 Å². The zero-order valence-corrected chi connectivity index (χ0v) is 13.1. The largest absolute Gasteiger partial charge is 0.497 e. The molecule has 0 aliphatic carbocycles. The number of aromatic nitrogens is 2. The number of hydrogen-bond donors (Lipinski definition) is 1. The number of ether oxygens (including phenoxy) is 2. The van der Waals surface area contributed by atoms with Crippen LogP contribution in [-0.4, -0.2) is 23.8 Å². The van der Waals surface area contributed by atoms with Crippen LogP contribution in [0.3, 0.4) is 0 Å². The molecule has 0 amide bonds. The fraction of sp³-hybridized carbons (Fsp3) is 0.438. The molecular formula is C16H23N3O2. The van der Waals surface area contributed by atoms with Gasteiger partial charge in [-0.05, 0) is 25.5 Å². The third-order valence-electron chi connectivity index (χ3n) is 3.50. The SMILES string of the molecule is CCCc1nc(-c2cc(OC)cc(OC)c2)c(N)n1CC. The Morgan fingerprint density at radius 2 is 1.71 bits per heavy atom. The molecule has 0 aliphatic heterocycles. The Balaban J connectivity index is 2.55. The number of benzene rings is 1. The van der Waals surface area contributed by atoms with Gasteiger partial charge in [-0.1, -0.05) is 6.92 Å². The molecule has 0 fully saturated rings. The van der Waals surface area contributed by atoms with Crippen molar-refractivity contribution in [2.24, 2.45) is 0 Å². The van der Waals surface area contributed by atoms with Gasteiger partial charge in [-0.2, -0.15) is 0 Å². The lowest BCUT2D eigenvalue weighted by atomic mass is 10.1. The summed E-state index contributed by atoms with van der Waals surface area (Å²) in [7, 11) is 3.27. The van der Waals surface area contributed by atoms with Gasteiger partial charge in [0.05, 0.1) is 14.2 Å². The predicted molar refractivity (Wildman–Crippen MR) is 84.8 cm³/mol. The zero-order chi connectivity index (χ0) is 15.4. The minimum atomic E-state index is 0.691. The summed E-state index contributed by atoms with van der Waals surface area (Å²) in [5.74, 6) is 3.17. The Bertz CT molecular complexity index is 598. The number of nitrogens with zero attached hydrogens (tertiary/aromatic N) is 2. The number of rotatable bonds is 6. The van der Waals surface area contributed by atoms with E-state index >= 15 is 0 Å². The maximum absolute atomic E-state index is 6.28. The predicted octanol–water partition coefficient (Wildman–Crippen LogP) is 3.12. The van der Waals surface area contributed by atoms with Crippen LogP contribution >= 0.6 is 0 Å². The number of aryl methyl sites for hydroxylation is 1. The van der Waals surface area contributed by atoms with Crippen molar-refractivity contribution < 1.29 is 9.47 Å². The minimum Gasteiger partial charge on any atom is -0.497 e. The highest BCUT2D eigenvalue weighted by atomic mass is 16.5. The lowest BCUT2D eigenvalue weighted by Gasteiger charge is -2.08. The summed E-state index contributed by atoms with van der Waals surface area (Å²) in [5, 5.41) is 0. The quantitative estimate of drug-likeness (QED) is 0.887. The van der Waals surface area contributed by atoms with Crippen LogP contribution in [0.15, 0.2) is 18.2 Å². The third kappa shape index (κ3) is 2.96. The molecule has 2 N–H and O–H groups in total. The van der Waals surface area contributed by atoms with Crippen molar-refractivity contribution in [3.63, 3.8) is 0 Å². The Morgan fingerprint density at radius 3 is 2.19 bits per heavy atom. The molecule has 0 bridgehead atoms. The van der Waals surface area contributed by atoms with Gasteiger partial charge in [-0.15, -0.1) is 0 Å². The van der Waals surface area contributed by atoms with Gasteiger partial charge in [0.2, 0.25) is 0 Å². The summed E-state index contributed by atoms with van der Waals surface area (Å²) in [6.07, 6.45) is 1.95. The van der Waals surface area contributed by atoms with E-state index in [2.05, 4.69) is 18.4 Å². The summed E-state index contributed by atoms with van der Waals surface area (Å²) < 4.78 is 12.7. The van der Waals surface area contributed by atoms with Gasteiger partial charge in [-0.3, -0.25) is 0 Å². The number of imidazole rings is 1. The van der Waals surface area contributed by atoms with Crippen LogP contribution in [0.25, 0.3) is 11.3 Å². The van der Waals surface area contributed by atoms with E-state index in [0.717, 1.165) is 48.0 Å². The highest BCUT2D eigenvalue weighted by Gasteiger charge is 2.16. The number of methoxy groups -OCH3 is 2. The van der Waals surface area contributed by atoms with E-state index in [9.17, 15) is 0 Å². The Labute approximate surface area is 125 Å². The first-order valence-electron chi connectivity index (χ1n) is 7.22. The summed E-state index contributed by atoms with van der Waals surface area (Å²) in [6, 6.07) is 5.69. The van der Waals surface area contributed by atoms with Gasteiger partial charge in [-0.25, -0.2) is 4.98 Å². The average molecular weight is 289 g/mol. The summed E-state index contributed by atoms with van der Waals surface area (Å²) in [6.45, 7) is 5.03. The first kappa shape index (κ1) is 15.2. The van der Waals surface area contributed by atoms with Crippen molar-refractivity contribution >= 4 is 5.82 Å². The lowest BCUT2D eigenvalue weighted by molar-refractivity contribution is 0.394. The smallest absolute Gasteiger partial charge is 0.131 e. The minimum absolute atomic E-state index is 0.691. The monoisotopic (exact) mass is 289 g/mol. The summed E-state index contributed by atoms with van der Waals surface area (Å²) >= 11 is 0. The molecule has 1 aromatic heterocycles. The molecule has 0 spiro atoms. The van der Waals surface area contributed by atoms with E-state index in [0.29, 0.717) is 5.82 Å². The Kier molecular flexibility index (Phi) is 4.73. The molecule has 5 heteroatoms. The third-order valence-corrected chi connectivity index (χ3v) is 3.50. The molecule has 1 heterocycles. The van der Waals surface area contributed by atoms with Crippen molar-refractivity contribution in [1.29, 1.82) is 0 Å². The molecule has 0 saturated heterocycles. The highest BCUT2D eigenvalue weighted by Crippen LogP contribution is 2.33. The molecule has 21 heavy (non-hydrogen) atoms. The molecule has 2 aromatic rings. The van der Waals surface area contributed by atoms with E-state index in [1.807, 2.05) is 18.2 Å². The van der Waals surface area contributed by atoms with Gasteiger partial charge in [0.15, 0.2) is 0 Å². The van der Waals surface area contributed by atoms with Gasteiger partial charge in [0, 0.05) is 24.6 Å². The van der Waals surface area contributed by atoms with Crippen molar-refractivity contribution in [3.05, 3.63) is 24.0 Å². The summed E-state index contributed by atoms with van der Waals surface area (Å²) in [5.41, 5.74) is 7.98. The van der Waals surface area contributed by atoms with Crippen molar-refractivity contribution in [1.82, 2.24) is 9.55 Å². The van der Waals surface area contributed by atoms with Crippen molar-refractivity contribution in [2.75, 3.05) is 20.0 Å². The summed E-state index contributed by atoms with van der Waals surface area (Å²) in [4.78, 5) is 4.72. The Morgan fingerprint density at radius 1 is 1.10 bits per heavy atom. The van der Waals surface area contributed by atoms with Crippen LogP contribution in [-0.2, 0) is 13.0 Å². The van der Waals surface area contributed by atoms with Crippen LogP contribution in [0.1, 0.15) is 26.1 Å². The van der Waals surface area contributed by atoms with Crippen LogP contribution in [0.5, 0.6) is 11.5 Å². The molecule has 0 saturated carbocycles. The van der Waals surface area contributed by atoms with E-state index < -0.39 is 0 Å². The fourth-order valence-electron chi connectivity index (χ4n) is 2.44. The molecule has 2 rings (SSSR count). The standard InChI is InChI=1S/C16H23N3O2/c1-5-7-14-18-15(16(17)19(14)6-2)11-8-12(20-3)10-13(9-11)21-4/h8-10H,5-7,17H2,1-4H3. The number of nitrogens with two attached hydrogens (primary N) is 1. The van der Waals surface area contributed by atoms with Gasteiger partial charge in [0.25, 0.3) is 0 Å². The van der Waals surface area contributed by atoms with Gasteiger partial charge >= 0.3 is 0 Å². The van der Waals surface area contributed by atoms with E-state index in [1.165, 1.54) is 0 Å². The molecule has 5 nitrogen and oxygen atoms in total. The van der Waals surface area contributed by atoms with Crippen molar-refractivity contribution in [3.8, 4) is 22.8 Å². The first-order valence-corrected chi connectivity index (χ1v) is 7.22. The van der Waals surface area contributed by atoms with Crippen molar-refractivity contribution in [2.45, 2.75) is 33.2 Å². The molecule has 0 atom stereocenters. The lowest BCUT2D eigenvalue weighted by Crippen LogP contribution is -2.05. The highest BCUT2D eigenvalue weighted by molar-refractivity contribution is 5.73. The van der Waals surface area contributed by atoms with Crippen LogP contribution in [0.2, 0.25) is 0 Å². The topological polar surface area (TPSA) is 62.3 Å². The molecule has 0 aliphatic rings. The second-order valence-corrected chi connectivity index (χ2v) is 4.86. The van der Waals surface area contributed by atoms with E-state index in [-0.39, 0.29) is 0 Å². The number of anilines is 1. The van der Waals surface area contributed by atoms with Crippen LogP contribution in [0, 0.1) is 0 Å². The second kappa shape index (κ2) is 6.52. The second-order valence-electron chi connectivity index (χ2n) is 4.86. The van der Waals surface area contributed by atoms with Crippen LogP contribution in [0.4, 0.5) is 5.82 Å². The molecular weight excluding hydrogens is 266 g/mol. The molecule has 1 aromatic carbocycles. The fourth-order valence-corrected chi connectivity index (χ4v) is 2.44. The number of hydrogen-bond acceptors (Lipinski definition) is 4. The van der Waals surface area contributed by atoms with E-state index in [4.69, 9.17) is 20.2 Å². The number of nitrogen functional groups attached to an aromatic ring is 1. The van der Waals surface area contributed by atoms with Crippen LogP contribution < -0.4 is 15.2 Å².